The molecule has 106 valence electrons. The molecule has 19 heavy (non-hydrogen) atoms. The van der Waals surface area contributed by atoms with Gasteiger partial charge in [0, 0.05) is 15.7 Å². The summed E-state index contributed by atoms with van der Waals surface area (Å²) in [7, 11) is 0. The molecule has 0 heterocycles. The summed E-state index contributed by atoms with van der Waals surface area (Å²) in [5, 5.41) is 4.42. The van der Waals surface area contributed by atoms with Crippen molar-refractivity contribution in [3.05, 3.63) is 28.2 Å². The lowest BCUT2D eigenvalue weighted by Gasteiger charge is -2.27. The molecule has 1 rings (SSSR count). The van der Waals surface area contributed by atoms with Crippen molar-refractivity contribution < 1.29 is 4.79 Å². The summed E-state index contributed by atoms with van der Waals surface area (Å²) in [5.41, 5.74) is 4.71. The molecule has 1 aromatic carbocycles. The van der Waals surface area contributed by atoms with Crippen LogP contribution < -0.4 is 11.1 Å². The molecule has 0 saturated carbocycles. The van der Waals surface area contributed by atoms with Crippen LogP contribution in [0.3, 0.4) is 0 Å². The Hall–Kier alpha value is -0.420. The predicted octanol–water partition coefficient (Wildman–Crippen LogP) is 3.33. The Bertz CT molecular complexity index is 456. The van der Waals surface area contributed by atoms with E-state index in [9.17, 15) is 4.79 Å². The van der Waals surface area contributed by atoms with Crippen molar-refractivity contribution in [3.63, 3.8) is 0 Å². The fraction of sp³-hybridized carbons (Fsp3) is 0.462. The van der Waals surface area contributed by atoms with Crippen LogP contribution in [0.25, 0.3) is 0 Å². The molecule has 1 amide bonds. The molecule has 0 aliphatic heterocycles. The lowest BCUT2D eigenvalue weighted by atomic mass is 10.1. The van der Waals surface area contributed by atoms with Gasteiger partial charge in [-0.15, -0.1) is 11.8 Å². The zero-order valence-electron chi connectivity index (χ0n) is 11.0. The summed E-state index contributed by atoms with van der Waals surface area (Å²) in [5.74, 6) is 0.133. The maximum absolute atomic E-state index is 11.6. The summed E-state index contributed by atoms with van der Waals surface area (Å²) in [4.78, 5) is 12.4. The number of nitrogens with one attached hydrogen (secondary N) is 1. The number of halogens is 2. The second-order valence-electron chi connectivity index (χ2n) is 4.49. The Morgan fingerprint density at radius 2 is 2.16 bits per heavy atom. The van der Waals surface area contributed by atoms with Crippen molar-refractivity contribution in [1.82, 2.24) is 5.32 Å². The van der Waals surface area contributed by atoms with Crippen molar-refractivity contribution in [3.8, 4) is 0 Å². The lowest BCUT2D eigenvalue weighted by molar-refractivity contribution is -0.122. The SMILES string of the molecule is CCCNC(C)(CSc1cc(Cl)ccc1Cl)C(N)=O. The van der Waals surface area contributed by atoms with Gasteiger partial charge in [0.1, 0.15) is 5.54 Å². The molecule has 1 unspecified atom stereocenters. The van der Waals surface area contributed by atoms with E-state index >= 15 is 0 Å². The Morgan fingerprint density at radius 3 is 2.74 bits per heavy atom. The highest BCUT2D eigenvalue weighted by Crippen LogP contribution is 2.31. The maximum Gasteiger partial charge on any atom is 0.238 e. The first-order valence-corrected chi connectivity index (χ1v) is 7.76. The van der Waals surface area contributed by atoms with E-state index < -0.39 is 5.54 Å². The van der Waals surface area contributed by atoms with Gasteiger partial charge in [0.2, 0.25) is 5.91 Å². The molecule has 0 fully saturated rings. The second kappa shape index (κ2) is 7.39. The third-order valence-electron chi connectivity index (χ3n) is 2.72. The first kappa shape index (κ1) is 16.6. The molecule has 0 aliphatic carbocycles. The van der Waals surface area contributed by atoms with E-state index in [4.69, 9.17) is 28.9 Å². The highest BCUT2D eigenvalue weighted by Gasteiger charge is 2.30. The summed E-state index contributed by atoms with van der Waals surface area (Å²) in [6, 6.07) is 5.26. The van der Waals surface area contributed by atoms with E-state index in [1.807, 2.05) is 6.92 Å². The molecule has 0 aromatic heterocycles. The number of thioether (sulfide) groups is 1. The monoisotopic (exact) mass is 320 g/mol. The first-order chi connectivity index (χ1) is 8.89. The Morgan fingerprint density at radius 1 is 1.47 bits per heavy atom. The molecule has 0 aliphatic rings. The van der Waals surface area contributed by atoms with Crippen LogP contribution >= 0.6 is 35.0 Å². The number of amides is 1. The van der Waals surface area contributed by atoms with Gasteiger partial charge in [0.15, 0.2) is 0 Å². The van der Waals surface area contributed by atoms with Crippen molar-refractivity contribution in [2.45, 2.75) is 30.7 Å². The van der Waals surface area contributed by atoms with E-state index in [1.165, 1.54) is 11.8 Å². The molecule has 0 bridgehead atoms. The molecule has 1 aromatic rings. The van der Waals surface area contributed by atoms with E-state index in [0.717, 1.165) is 17.9 Å². The highest BCUT2D eigenvalue weighted by molar-refractivity contribution is 7.99. The molecular formula is C13H18Cl2N2OS. The van der Waals surface area contributed by atoms with Crippen molar-refractivity contribution >= 4 is 40.9 Å². The van der Waals surface area contributed by atoms with Crippen molar-refractivity contribution in [2.75, 3.05) is 12.3 Å². The Kier molecular flexibility index (Phi) is 6.47. The third kappa shape index (κ3) is 4.88. The average Bonchev–Trinajstić information content (AvgIpc) is 2.37. The van der Waals surface area contributed by atoms with Crippen LogP contribution in [0.4, 0.5) is 0 Å². The van der Waals surface area contributed by atoms with Crippen LogP contribution in [0.15, 0.2) is 23.1 Å². The van der Waals surface area contributed by atoms with E-state index in [0.29, 0.717) is 15.8 Å². The third-order valence-corrected chi connectivity index (χ3v) is 4.77. The summed E-state index contributed by atoms with van der Waals surface area (Å²) in [6.45, 7) is 4.58. The fourth-order valence-corrected chi connectivity index (χ4v) is 3.04. The van der Waals surface area contributed by atoms with Crippen LogP contribution in [0.5, 0.6) is 0 Å². The van der Waals surface area contributed by atoms with Crippen LogP contribution in [-0.4, -0.2) is 23.7 Å². The number of carbonyl (C=O) groups excluding carboxylic acids is 1. The lowest BCUT2D eigenvalue weighted by Crippen LogP contribution is -2.55. The number of rotatable bonds is 7. The van der Waals surface area contributed by atoms with Gasteiger partial charge in [-0.25, -0.2) is 0 Å². The Balaban J connectivity index is 2.76. The number of benzene rings is 1. The largest absolute Gasteiger partial charge is 0.368 e. The minimum Gasteiger partial charge on any atom is -0.368 e. The van der Waals surface area contributed by atoms with Gasteiger partial charge in [0.25, 0.3) is 0 Å². The van der Waals surface area contributed by atoms with Crippen molar-refractivity contribution in [1.29, 1.82) is 0 Å². The van der Waals surface area contributed by atoms with Crippen LogP contribution in [0.2, 0.25) is 10.0 Å². The standard InChI is InChI=1S/C13H18Cl2N2OS/c1-3-6-17-13(2,12(16)18)8-19-11-7-9(14)4-5-10(11)15/h4-5,7,17H,3,6,8H2,1-2H3,(H2,16,18). The van der Waals surface area contributed by atoms with Crippen molar-refractivity contribution in [2.24, 2.45) is 5.73 Å². The van der Waals surface area contributed by atoms with Gasteiger partial charge in [-0.05, 0) is 38.1 Å². The van der Waals surface area contributed by atoms with E-state index in [2.05, 4.69) is 5.32 Å². The number of primary amides is 1. The van der Waals surface area contributed by atoms with Crippen LogP contribution in [0, 0.1) is 0 Å². The van der Waals surface area contributed by atoms with Gasteiger partial charge in [-0.3, -0.25) is 4.79 Å². The highest BCUT2D eigenvalue weighted by atomic mass is 35.5. The molecule has 3 N–H and O–H groups in total. The first-order valence-electron chi connectivity index (χ1n) is 6.02. The zero-order valence-corrected chi connectivity index (χ0v) is 13.3. The number of hydrogen-bond acceptors (Lipinski definition) is 3. The van der Waals surface area contributed by atoms with Gasteiger partial charge in [-0.2, -0.15) is 0 Å². The smallest absolute Gasteiger partial charge is 0.238 e. The van der Waals surface area contributed by atoms with Crippen LogP contribution in [-0.2, 0) is 4.79 Å². The number of carbonyl (C=O) groups is 1. The predicted molar refractivity (Wildman–Crippen MR) is 83.1 cm³/mol. The average molecular weight is 321 g/mol. The summed E-state index contributed by atoms with van der Waals surface area (Å²) < 4.78 is 0. The normalized spacial score (nSPS) is 14.1. The molecule has 0 spiro atoms. The van der Waals surface area contributed by atoms with Gasteiger partial charge in [0.05, 0.1) is 5.02 Å². The zero-order chi connectivity index (χ0) is 14.5. The molecular weight excluding hydrogens is 303 g/mol. The molecule has 0 saturated heterocycles. The molecule has 3 nitrogen and oxygen atoms in total. The topological polar surface area (TPSA) is 55.1 Å². The minimum absolute atomic E-state index is 0.369. The van der Waals surface area contributed by atoms with E-state index in [1.54, 1.807) is 25.1 Å². The quantitative estimate of drug-likeness (QED) is 0.758. The number of nitrogens with two attached hydrogens (primary N) is 1. The number of hydrogen-bond donors (Lipinski definition) is 2. The molecule has 6 heteroatoms. The summed E-state index contributed by atoms with van der Waals surface area (Å²) in [6.07, 6.45) is 0.936. The Labute approximate surface area is 128 Å². The molecule has 1 atom stereocenters. The van der Waals surface area contributed by atoms with Gasteiger partial charge >= 0.3 is 0 Å². The minimum atomic E-state index is -0.758. The fourth-order valence-electron chi connectivity index (χ4n) is 1.42. The van der Waals surface area contributed by atoms with Crippen LogP contribution in [0.1, 0.15) is 20.3 Å². The molecule has 0 radical (unpaired) electrons. The maximum atomic E-state index is 11.6. The summed E-state index contributed by atoms with van der Waals surface area (Å²) >= 11 is 13.5. The van der Waals surface area contributed by atoms with E-state index in [-0.39, 0.29) is 5.91 Å². The van der Waals surface area contributed by atoms with Gasteiger partial charge < -0.3 is 11.1 Å². The van der Waals surface area contributed by atoms with Gasteiger partial charge in [-0.1, -0.05) is 30.1 Å². The second-order valence-corrected chi connectivity index (χ2v) is 6.35.